The maximum atomic E-state index is 10.6. The van der Waals surface area contributed by atoms with Crippen LogP contribution in [0.15, 0.2) is 40.6 Å². The highest BCUT2D eigenvalue weighted by Gasteiger charge is 2.14. The highest BCUT2D eigenvalue weighted by atomic mass is 16.6. The molecule has 0 bridgehead atoms. The van der Waals surface area contributed by atoms with Gasteiger partial charge in [-0.1, -0.05) is 0 Å². The maximum absolute atomic E-state index is 10.6. The lowest BCUT2D eigenvalue weighted by Crippen LogP contribution is -2.13. The number of nitrogens with zero attached hydrogens (tertiary/aromatic N) is 2. The summed E-state index contributed by atoms with van der Waals surface area (Å²) in [6.45, 7) is 6.55. The third kappa shape index (κ3) is 11.3. The molecule has 2 aliphatic rings. The lowest BCUT2D eigenvalue weighted by molar-refractivity contribution is 0.00708. The zero-order valence-corrected chi connectivity index (χ0v) is 23.1. The molecule has 2 heterocycles. The fourth-order valence-electron chi connectivity index (χ4n) is 3.67. The van der Waals surface area contributed by atoms with Crippen LogP contribution in [0, 0.1) is 0 Å². The van der Waals surface area contributed by atoms with Crippen LogP contribution in [0.3, 0.4) is 0 Å². The van der Waals surface area contributed by atoms with Gasteiger partial charge in [0.1, 0.15) is 37.9 Å². The molecule has 4 rings (SSSR count). The minimum absolute atomic E-state index is 0.116. The van der Waals surface area contributed by atoms with E-state index in [0.29, 0.717) is 121 Å². The first-order chi connectivity index (χ1) is 20.3. The number of hydrogen-bond acceptors (Lipinski definition) is 13. The second-order valence-electron chi connectivity index (χ2n) is 8.69. The Morgan fingerprint density at radius 1 is 0.415 bits per heavy atom. The zero-order chi connectivity index (χ0) is 28.4. The Bertz CT molecular complexity index is 1070. The number of ether oxygens (including phenoxy) is 10. The van der Waals surface area contributed by atoms with E-state index in [-0.39, 0.29) is 24.7 Å². The van der Waals surface area contributed by atoms with Gasteiger partial charge in [-0.05, 0) is 12.1 Å². The van der Waals surface area contributed by atoms with E-state index in [1.807, 2.05) is 0 Å². The van der Waals surface area contributed by atoms with Crippen LogP contribution in [0.1, 0.15) is 0 Å². The third-order valence-corrected chi connectivity index (χ3v) is 5.67. The van der Waals surface area contributed by atoms with Crippen LogP contribution in [0.2, 0.25) is 0 Å². The molecule has 2 aromatic rings. The molecule has 1 N–H and O–H groups in total. The van der Waals surface area contributed by atoms with E-state index < -0.39 is 0 Å². The molecule has 0 atom stereocenters. The Hall–Kier alpha value is -3.20. The number of rotatable bonds is 2. The molecule has 13 heteroatoms. The van der Waals surface area contributed by atoms with Crippen LogP contribution < -0.4 is 18.9 Å². The molecular formula is C28H38N2O11. The number of phenolic OH excluding ortho intramolecular Hbond substituents is 1. The smallest absolute Gasteiger partial charge is 0.165 e. The molecule has 0 fully saturated rings. The molecular weight excluding hydrogens is 540 g/mol. The van der Waals surface area contributed by atoms with Gasteiger partial charge in [-0.2, -0.15) is 5.11 Å². The summed E-state index contributed by atoms with van der Waals surface area (Å²) in [5, 5.41) is 19.2. The van der Waals surface area contributed by atoms with Crippen LogP contribution in [0.25, 0.3) is 0 Å². The first-order valence-corrected chi connectivity index (χ1v) is 13.7. The van der Waals surface area contributed by atoms with E-state index in [4.69, 9.17) is 47.4 Å². The van der Waals surface area contributed by atoms with E-state index in [0.717, 1.165) is 0 Å². The topological polar surface area (TPSA) is 137 Å². The summed E-state index contributed by atoms with van der Waals surface area (Å²) in [5.41, 5.74) is 0.702. The summed E-state index contributed by atoms with van der Waals surface area (Å²) in [6.07, 6.45) is 0. The van der Waals surface area contributed by atoms with Crippen molar-refractivity contribution in [1.29, 1.82) is 0 Å². The zero-order valence-electron chi connectivity index (χ0n) is 23.1. The van der Waals surface area contributed by atoms with Gasteiger partial charge >= 0.3 is 0 Å². The molecule has 0 unspecified atom stereocenters. The van der Waals surface area contributed by atoms with Crippen LogP contribution in [0.4, 0.5) is 11.4 Å². The van der Waals surface area contributed by atoms with Crippen molar-refractivity contribution >= 4 is 11.4 Å². The van der Waals surface area contributed by atoms with Gasteiger partial charge in [0, 0.05) is 18.2 Å². The average molecular weight is 579 g/mol. The quantitative estimate of drug-likeness (QED) is 0.525. The normalized spacial score (nSPS) is 19.3. The van der Waals surface area contributed by atoms with Crippen molar-refractivity contribution in [2.75, 3.05) is 106 Å². The fourth-order valence-corrected chi connectivity index (χ4v) is 3.67. The van der Waals surface area contributed by atoms with E-state index in [1.54, 1.807) is 24.3 Å². The number of fused-ring (bicyclic) bond motifs is 2. The molecule has 0 amide bonds. The minimum atomic E-state index is -0.116. The average Bonchev–Trinajstić information content (AvgIpc) is 2.99. The molecule has 0 aliphatic carbocycles. The van der Waals surface area contributed by atoms with Crippen LogP contribution >= 0.6 is 0 Å². The molecule has 0 spiro atoms. The van der Waals surface area contributed by atoms with Gasteiger partial charge in [-0.3, -0.25) is 0 Å². The van der Waals surface area contributed by atoms with Gasteiger partial charge in [-0.15, -0.1) is 5.11 Å². The predicted octanol–water partition coefficient (Wildman–Crippen LogP) is 3.45. The van der Waals surface area contributed by atoms with Crippen LogP contribution in [-0.2, 0) is 28.4 Å². The number of azo groups is 1. The second-order valence-corrected chi connectivity index (χ2v) is 8.69. The Kier molecular flexibility index (Phi) is 13.7. The Morgan fingerprint density at radius 3 is 1.29 bits per heavy atom. The third-order valence-electron chi connectivity index (χ3n) is 5.67. The summed E-state index contributed by atoms with van der Waals surface area (Å²) < 4.78 is 56.3. The summed E-state index contributed by atoms with van der Waals surface area (Å²) in [6, 6.07) is 8.21. The van der Waals surface area contributed by atoms with E-state index in [9.17, 15) is 5.11 Å². The van der Waals surface area contributed by atoms with Crippen molar-refractivity contribution in [3.63, 3.8) is 0 Å². The van der Waals surface area contributed by atoms with E-state index in [1.165, 1.54) is 6.07 Å². The number of aromatic hydroxyl groups is 1. The van der Waals surface area contributed by atoms with Crippen molar-refractivity contribution < 1.29 is 52.5 Å². The molecule has 2 aromatic carbocycles. The standard InChI is InChI=1S/C28H38N2O11/c31-24-21-28-27(40-17-13-36-9-5-33-6-10-37-14-18-41-28)20-23(24)30-29-22-1-2-25-26(19-22)39-16-12-35-8-4-32-3-7-34-11-15-38-25/h1-2,19-21,31H,3-18H2. The molecule has 2 aliphatic heterocycles. The largest absolute Gasteiger partial charge is 0.505 e. The van der Waals surface area contributed by atoms with Crippen molar-refractivity contribution in [1.82, 2.24) is 0 Å². The maximum Gasteiger partial charge on any atom is 0.165 e. The van der Waals surface area contributed by atoms with Crippen molar-refractivity contribution in [2.45, 2.75) is 0 Å². The summed E-state index contributed by atoms with van der Waals surface area (Å²) >= 11 is 0. The van der Waals surface area contributed by atoms with Crippen molar-refractivity contribution in [3.8, 4) is 28.7 Å². The molecule has 0 saturated heterocycles. The lowest BCUT2D eigenvalue weighted by Gasteiger charge is -2.14. The SMILES string of the molecule is Oc1cc2c(cc1N=Nc1ccc3c(c1)OCCOCCOCCOCCO3)OCCOCCOCCOCCO2. The van der Waals surface area contributed by atoms with Crippen LogP contribution in [-0.4, -0.2) is 111 Å². The monoisotopic (exact) mass is 578 g/mol. The van der Waals surface area contributed by atoms with E-state index in [2.05, 4.69) is 10.2 Å². The Morgan fingerprint density at radius 2 is 0.805 bits per heavy atom. The number of benzene rings is 2. The first-order valence-electron chi connectivity index (χ1n) is 13.7. The molecule has 13 nitrogen and oxygen atoms in total. The van der Waals surface area contributed by atoms with Crippen LogP contribution in [0.5, 0.6) is 28.7 Å². The Balaban J connectivity index is 1.45. The second kappa shape index (κ2) is 18.3. The lowest BCUT2D eigenvalue weighted by atomic mass is 10.2. The van der Waals surface area contributed by atoms with Gasteiger partial charge < -0.3 is 52.5 Å². The number of hydrogen-bond donors (Lipinski definition) is 1. The predicted molar refractivity (Wildman–Crippen MR) is 146 cm³/mol. The molecule has 0 saturated carbocycles. The minimum Gasteiger partial charge on any atom is -0.505 e. The van der Waals surface area contributed by atoms with E-state index >= 15 is 0 Å². The van der Waals surface area contributed by atoms with Gasteiger partial charge in [0.2, 0.25) is 0 Å². The molecule has 226 valence electrons. The van der Waals surface area contributed by atoms with Crippen molar-refractivity contribution in [2.24, 2.45) is 10.2 Å². The molecule has 41 heavy (non-hydrogen) atoms. The highest BCUT2D eigenvalue weighted by molar-refractivity contribution is 5.61. The fraction of sp³-hybridized carbons (Fsp3) is 0.571. The first kappa shape index (κ1) is 30.8. The summed E-state index contributed by atoms with van der Waals surface area (Å²) in [5.74, 6) is 1.68. The highest BCUT2D eigenvalue weighted by Crippen LogP contribution is 2.40. The van der Waals surface area contributed by atoms with Gasteiger partial charge in [-0.25, -0.2) is 0 Å². The van der Waals surface area contributed by atoms with Gasteiger partial charge in [0.25, 0.3) is 0 Å². The molecule has 0 radical (unpaired) electrons. The van der Waals surface area contributed by atoms with Gasteiger partial charge in [0.15, 0.2) is 23.0 Å². The van der Waals surface area contributed by atoms with Gasteiger partial charge in [0.05, 0.1) is 85.0 Å². The Labute approximate surface area is 239 Å². The number of phenols is 1. The van der Waals surface area contributed by atoms with Crippen molar-refractivity contribution in [3.05, 3.63) is 30.3 Å². The summed E-state index contributed by atoms with van der Waals surface area (Å²) in [4.78, 5) is 0. The summed E-state index contributed by atoms with van der Waals surface area (Å²) in [7, 11) is 0. The molecule has 0 aromatic heterocycles.